The van der Waals surface area contributed by atoms with E-state index < -0.39 is 23.2 Å². The van der Waals surface area contributed by atoms with Gasteiger partial charge >= 0.3 is 0 Å². The van der Waals surface area contributed by atoms with Crippen LogP contribution in [0.1, 0.15) is 51.5 Å². The molecule has 4 rings (SSSR count). The van der Waals surface area contributed by atoms with Crippen molar-refractivity contribution in [2.45, 2.75) is 46.0 Å². The fraction of sp³-hybridized carbons (Fsp3) is 0.400. The van der Waals surface area contributed by atoms with Crippen LogP contribution in [-0.4, -0.2) is 16.9 Å². The number of aliphatic carboxylic acids is 1. The molecule has 3 aliphatic rings. The van der Waals surface area contributed by atoms with E-state index in [1.54, 1.807) is 12.1 Å². The van der Waals surface area contributed by atoms with Crippen molar-refractivity contribution in [2.75, 3.05) is 0 Å². The van der Waals surface area contributed by atoms with Crippen molar-refractivity contribution in [3.8, 4) is 17.1 Å². The Balaban J connectivity index is 1.95. The van der Waals surface area contributed by atoms with E-state index in [2.05, 4.69) is 0 Å². The molecule has 0 aromatic heterocycles. The molecular weight excluding hydrogens is 396 g/mol. The second-order valence-electron chi connectivity index (χ2n) is 9.51. The molecule has 0 spiro atoms. The van der Waals surface area contributed by atoms with Gasteiger partial charge in [0.25, 0.3) is 0 Å². The molecule has 1 saturated carbocycles. The van der Waals surface area contributed by atoms with Gasteiger partial charge in [0, 0.05) is 46.3 Å². The number of rotatable bonds is 3. The fourth-order valence-corrected chi connectivity index (χ4v) is 4.91. The van der Waals surface area contributed by atoms with Crippen molar-refractivity contribution in [1.29, 1.82) is 0 Å². The summed E-state index contributed by atoms with van der Waals surface area (Å²) in [5.41, 5.74) is 0.954. The Hall–Kier alpha value is -3.15. The normalized spacial score (nSPS) is 22.0. The van der Waals surface area contributed by atoms with E-state index in [9.17, 15) is 24.6 Å². The maximum absolute atomic E-state index is 13.0. The maximum Gasteiger partial charge on any atom is 0.182 e. The number of phenols is 1. The van der Waals surface area contributed by atoms with Gasteiger partial charge in [0.1, 0.15) is 22.9 Å². The summed E-state index contributed by atoms with van der Waals surface area (Å²) in [4.78, 5) is 37.1. The monoisotopic (exact) mass is 421 g/mol. The summed E-state index contributed by atoms with van der Waals surface area (Å²) in [5.74, 6) is -2.23. The molecule has 2 aliphatic carbocycles. The summed E-state index contributed by atoms with van der Waals surface area (Å²) in [6, 6.07) is 9.08. The van der Waals surface area contributed by atoms with E-state index in [0.717, 1.165) is 5.56 Å². The molecule has 6 nitrogen and oxygen atoms in total. The summed E-state index contributed by atoms with van der Waals surface area (Å²) in [6.45, 7) is 5.62. The molecule has 1 aromatic rings. The smallest absolute Gasteiger partial charge is 0.182 e. The van der Waals surface area contributed by atoms with Gasteiger partial charge in [0.2, 0.25) is 0 Å². The van der Waals surface area contributed by atoms with Gasteiger partial charge in [-0.1, -0.05) is 20.8 Å². The molecule has 1 heterocycles. The van der Waals surface area contributed by atoms with Crippen molar-refractivity contribution in [3.05, 3.63) is 52.2 Å². The minimum atomic E-state index is -1.15. The lowest BCUT2D eigenvalue weighted by molar-refractivity contribution is -0.313. The fourth-order valence-electron chi connectivity index (χ4n) is 4.91. The number of fused-ring (bicyclic) bond motifs is 2. The van der Waals surface area contributed by atoms with Crippen LogP contribution in [0.15, 0.2) is 45.6 Å². The first-order valence-corrected chi connectivity index (χ1v) is 10.5. The van der Waals surface area contributed by atoms with E-state index in [0.29, 0.717) is 41.6 Å². The molecule has 0 bridgehead atoms. The molecule has 0 saturated heterocycles. The van der Waals surface area contributed by atoms with Crippen molar-refractivity contribution in [3.63, 3.8) is 0 Å². The van der Waals surface area contributed by atoms with Crippen LogP contribution in [0.5, 0.6) is 5.75 Å². The Kier molecular flexibility index (Phi) is 5.12. The van der Waals surface area contributed by atoms with Crippen LogP contribution >= 0.6 is 0 Å². The molecule has 31 heavy (non-hydrogen) atoms. The topological polar surface area (TPSA) is 108 Å². The lowest BCUT2D eigenvalue weighted by Gasteiger charge is -2.39. The molecule has 6 heteroatoms. The molecular formula is C25H25O6-. The second kappa shape index (κ2) is 7.52. The average molecular weight is 421 g/mol. The number of carbonyl (C=O) groups is 2. The van der Waals surface area contributed by atoms with Gasteiger partial charge in [-0.2, -0.15) is 0 Å². The Labute approximate surface area is 179 Å². The third-order valence-electron chi connectivity index (χ3n) is 6.35. The summed E-state index contributed by atoms with van der Waals surface area (Å²) in [6.07, 6.45) is 1.22. The average Bonchev–Trinajstić information content (AvgIpc) is 2.70. The van der Waals surface area contributed by atoms with Gasteiger partial charge in [0.05, 0.1) is 0 Å². The zero-order chi connectivity index (χ0) is 22.5. The number of ketones is 1. The van der Waals surface area contributed by atoms with Crippen molar-refractivity contribution >= 4 is 22.7 Å². The van der Waals surface area contributed by atoms with Gasteiger partial charge in [-0.25, -0.2) is 0 Å². The van der Waals surface area contributed by atoms with Crippen LogP contribution in [0.3, 0.4) is 0 Å². The molecule has 3 unspecified atom stereocenters. The predicted molar refractivity (Wildman–Crippen MR) is 114 cm³/mol. The standard InChI is InChI=1S/C25H26O6/c1-25(2,3)23(28)13-4-7-16(24(29)30)19(10-13)22-17-8-5-14(26)11-20(17)31-21-12-15(27)6-9-18(21)22/h5-6,8-9,11-13,16,19,26H,4,7,10H2,1-3H3,(H,29,30)/p-1. The zero-order valence-corrected chi connectivity index (χ0v) is 17.8. The summed E-state index contributed by atoms with van der Waals surface area (Å²) in [5, 5.41) is 22.7. The largest absolute Gasteiger partial charge is 0.550 e. The third kappa shape index (κ3) is 3.82. The first kappa shape index (κ1) is 21.1. The molecule has 1 aliphatic heterocycles. The number of hydrogen-bond donors (Lipinski definition) is 1. The molecule has 1 N–H and O–H groups in total. The number of aromatic hydroxyl groups is 1. The Bertz CT molecular complexity index is 1200. The van der Waals surface area contributed by atoms with Gasteiger partial charge in [-0.05, 0) is 55.0 Å². The minimum Gasteiger partial charge on any atom is -0.550 e. The van der Waals surface area contributed by atoms with Gasteiger partial charge in [-0.3, -0.25) is 9.59 Å². The zero-order valence-electron chi connectivity index (χ0n) is 17.8. The molecule has 162 valence electrons. The lowest BCUT2D eigenvalue weighted by Crippen LogP contribution is -2.41. The SMILES string of the molecule is CC(C)(C)C(=O)C1CCC(C(=O)[O-])C(c2c3ccc(=O)cc-3oc3cc(O)ccc23)C1. The number of carboxylic acid groups (broad SMARTS) is 1. The quantitative estimate of drug-likeness (QED) is 0.649. The number of carbonyl (C=O) groups excluding carboxylic acids is 2. The van der Waals surface area contributed by atoms with E-state index in [4.69, 9.17) is 4.42 Å². The molecule has 0 amide bonds. The van der Waals surface area contributed by atoms with Crippen LogP contribution in [-0.2, 0) is 9.59 Å². The van der Waals surface area contributed by atoms with E-state index in [1.165, 1.54) is 24.3 Å². The Morgan fingerprint density at radius 1 is 1.10 bits per heavy atom. The van der Waals surface area contributed by atoms with Gasteiger partial charge in [0.15, 0.2) is 5.43 Å². The highest BCUT2D eigenvalue weighted by Crippen LogP contribution is 2.48. The molecule has 1 fully saturated rings. The number of phenolic OH excluding ortho intramolecular Hbond substituents is 1. The predicted octanol–water partition coefficient (Wildman–Crippen LogP) is 3.47. The summed E-state index contributed by atoms with van der Waals surface area (Å²) < 4.78 is 5.87. The van der Waals surface area contributed by atoms with E-state index >= 15 is 0 Å². The summed E-state index contributed by atoms with van der Waals surface area (Å²) >= 11 is 0. The number of hydrogen-bond acceptors (Lipinski definition) is 6. The highest BCUT2D eigenvalue weighted by molar-refractivity contribution is 5.91. The lowest BCUT2D eigenvalue weighted by atomic mass is 9.66. The molecule has 3 atom stereocenters. The first-order valence-electron chi connectivity index (χ1n) is 10.5. The molecule has 0 radical (unpaired) electrons. The first-order chi connectivity index (χ1) is 14.6. The number of Topliss-reactive ketones (excluding diaryl/α,β-unsaturated/α-hetero) is 1. The highest BCUT2D eigenvalue weighted by atomic mass is 16.4. The van der Waals surface area contributed by atoms with Crippen molar-refractivity contribution in [2.24, 2.45) is 17.3 Å². The van der Waals surface area contributed by atoms with Crippen LogP contribution < -0.4 is 10.5 Å². The van der Waals surface area contributed by atoms with Crippen LogP contribution in [0.2, 0.25) is 0 Å². The second-order valence-corrected chi connectivity index (χ2v) is 9.51. The molecule has 1 aromatic carbocycles. The maximum atomic E-state index is 13.0. The van der Waals surface area contributed by atoms with Crippen molar-refractivity contribution in [1.82, 2.24) is 0 Å². The minimum absolute atomic E-state index is 0.000658. The van der Waals surface area contributed by atoms with E-state index in [-0.39, 0.29) is 22.9 Å². The highest BCUT2D eigenvalue weighted by Gasteiger charge is 2.40. The summed E-state index contributed by atoms with van der Waals surface area (Å²) in [7, 11) is 0. The van der Waals surface area contributed by atoms with Gasteiger partial charge in [-0.15, -0.1) is 0 Å². The number of carboxylic acids is 1. The Morgan fingerprint density at radius 3 is 2.52 bits per heavy atom. The Morgan fingerprint density at radius 2 is 1.84 bits per heavy atom. The van der Waals surface area contributed by atoms with Crippen LogP contribution in [0.4, 0.5) is 0 Å². The van der Waals surface area contributed by atoms with Gasteiger partial charge < -0.3 is 19.4 Å². The van der Waals surface area contributed by atoms with Crippen molar-refractivity contribution < 1.29 is 24.2 Å². The van der Waals surface area contributed by atoms with E-state index in [1.807, 2.05) is 20.8 Å². The third-order valence-corrected chi connectivity index (χ3v) is 6.35. The van der Waals surface area contributed by atoms with Crippen LogP contribution in [0.25, 0.3) is 22.3 Å². The van der Waals surface area contributed by atoms with Crippen LogP contribution in [0, 0.1) is 17.3 Å². The number of benzene rings is 2.